The second kappa shape index (κ2) is 2.22. The maximum Gasteiger partial charge on any atom is 0.137 e. The Bertz CT molecular complexity index is 187. The van der Waals surface area contributed by atoms with Crippen LogP contribution in [0.2, 0.25) is 0 Å². The van der Waals surface area contributed by atoms with Crippen molar-refractivity contribution in [3.05, 3.63) is 11.6 Å². The van der Waals surface area contributed by atoms with Crippen LogP contribution in [-0.2, 0) is 4.79 Å². The molecule has 0 unspecified atom stereocenters. The van der Waals surface area contributed by atoms with E-state index >= 15 is 0 Å². The number of rotatable bonds is 0. The summed E-state index contributed by atoms with van der Waals surface area (Å²) in [5.41, 5.74) is 1.47. The molecular formula is C9H14O. The highest BCUT2D eigenvalue weighted by atomic mass is 16.1. The molecule has 0 fully saturated rings. The molecule has 0 saturated carbocycles. The molecule has 0 amide bonds. The molecular weight excluding hydrogens is 124 g/mol. The molecule has 0 spiro atoms. The van der Waals surface area contributed by atoms with E-state index in [1.807, 2.05) is 6.08 Å². The van der Waals surface area contributed by atoms with Gasteiger partial charge in [-0.3, -0.25) is 4.79 Å². The van der Waals surface area contributed by atoms with E-state index in [2.05, 4.69) is 20.8 Å². The lowest BCUT2D eigenvalue weighted by atomic mass is 9.76. The number of carbonyl (C=O) groups excluding carboxylic acids is 1. The van der Waals surface area contributed by atoms with Crippen molar-refractivity contribution in [1.29, 1.82) is 0 Å². The number of carbonyl (C=O) groups is 1. The fraction of sp³-hybridized carbons (Fsp3) is 0.667. The number of ketones is 1. The second-order valence-corrected chi connectivity index (χ2v) is 3.69. The summed E-state index contributed by atoms with van der Waals surface area (Å²) in [6.07, 6.45) is 3.41. The summed E-state index contributed by atoms with van der Waals surface area (Å²) in [7, 11) is 0. The standard InChI is InChI=1S/C9H14O/c1-7-4-5-8(10)6-9(7,2)3/h4H,5-6H2,1-3H3. The normalized spacial score (nSPS) is 24.3. The van der Waals surface area contributed by atoms with Gasteiger partial charge in [-0.15, -0.1) is 0 Å². The van der Waals surface area contributed by atoms with Crippen molar-refractivity contribution >= 4 is 5.78 Å². The molecule has 0 saturated heterocycles. The molecule has 0 aromatic heterocycles. The lowest BCUT2D eigenvalue weighted by Gasteiger charge is -2.28. The summed E-state index contributed by atoms with van der Waals surface area (Å²) in [6.45, 7) is 6.35. The highest BCUT2D eigenvalue weighted by molar-refractivity contribution is 5.82. The van der Waals surface area contributed by atoms with Crippen LogP contribution >= 0.6 is 0 Å². The van der Waals surface area contributed by atoms with Crippen molar-refractivity contribution in [2.24, 2.45) is 5.41 Å². The van der Waals surface area contributed by atoms with Crippen LogP contribution in [0.5, 0.6) is 0 Å². The lowest BCUT2D eigenvalue weighted by Crippen LogP contribution is -2.22. The van der Waals surface area contributed by atoms with Crippen molar-refractivity contribution in [3.8, 4) is 0 Å². The summed E-state index contributed by atoms with van der Waals surface area (Å²) in [5.74, 6) is 0.371. The van der Waals surface area contributed by atoms with Gasteiger partial charge in [0.05, 0.1) is 0 Å². The summed E-state index contributed by atoms with van der Waals surface area (Å²) < 4.78 is 0. The van der Waals surface area contributed by atoms with Gasteiger partial charge in [0, 0.05) is 12.8 Å². The summed E-state index contributed by atoms with van der Waals surface area (Å²) in [6, 6.07) is 0. The summed E-state index contributed by atoms with van der Waals surface area (Å²) in [5, 5.41) is 0. The van der Waals surface area contributed by atoms with Gasteiger partial charge in [0.25, 0.3) is 0 Å². The molecule has 1 nitrogen and oxygen atoms in total. The van der Waals surface area contributed by atoms with Crippen molar-refractivity contribution < 1.29 is 4.79 Å². The van der Waals surface area contributed by atoms with E-state index in [9.17, 15) is 4.79 Å². The molecule has 1 aliphatic rings. The van der Waals surface area contributed by atoms with E-state index < -0.39 is 0 Å². The summed E-state index contributed by atoms with van der Waals surface area (Å²) >= 11 is 0. The van der Waals surface area contributed by atoms with Crippen molar-refractivity contribution in [1.82, 2.24) is 0 Å². The van der Waals surface area contributed by atoms with Crippen LogP contribution < -0.4 is 0 Å². The number of hydrogen-bond acceptors (Lipinski definition) is 1. The molecule has 1 rings (SSSR count). The Kier molecular flexibility index (Phi) is 1.67. The third-order valence-corrected chi connectivity index (χ3v) is 2.34. The topological polar surface area (TPSA) is 17.1 Å². The van der Waals surface area contributed by atoms with E-state index in [0.29, 0.717) is 12.2 Å². The third-order valence-electron chi connectivity index (χ3n) is 2.34. The molecule has 0 bridgehead atoms. The maximum atomic E-state index is 11.0. The third kappa shape index (κ3) is 1.28. The average Bonchev–Trinajstić information content (AvgIpc) is 1.78. The van der Waals surface area contributed by atoms with Gasteiger partial charge in [-0.25, -0.2) is 0 Å². The van der Waals surface area contributed by atoms with Crippen LogP contribution in [-0.4, -0.2) is 5.78 Å². The molecule has 1 aliphatic carbocycles. The fourth-order valence-electron chi connectivity index (χ4n) is 1.25. The Labute approximate surface area is 62.1 Å². The SMILES string of the molecule is CC1=CCC(=O)CC1(C)C. The first-order valence-corrected chi connectivity index (χ1v) is 3.71. The van der Waals surface area contributed by atoms with Gasteiger partial charge in [0.2, 0.25) is 0 Å². The molecule has 0 atom stereocenters. The Hall–Kier alpha value is -0.590. The molecule has 0 N–H and O–H groups in total. The quantitative estimate of drug-likeness (QED) is 0.469. The highest BCUT2D eigenvalue weighted by Gasteiger charge is 2.26. The Morgan fingerprint density at radius 2 is 2.10 bits per heavy atom. The number of allylic oxidation sites excluding steroid dienone is 2. The first-order chi connectivity index (χ1) is 4.52. The van der Waals surface area contributed by atoms with Crippen LogP contribution in [0.4, 0.5) is 0 Å². The van der Waals surface area contributed by atoms with E-state index in [4.69, 9.17) is 0 Å². The van der Waals surface area contributed by atoms with Gasteiger partial charge in [-0.2, -0.15) is 0 Å². The zero-order chi connectivity index (χ0) is 7.78. The summed E-state index contributed by atoms with van der Waals surface area (Å²) in [4.78, 5) is 11.0. The van der Waals surface area contributed by atoms with Crippen LogP contribution in [0.1, 0.15) is 33.6 Å². The monoisotopic (exact) mass is 138 g/mol. The molecule has 1 heteroatoms. The van der Waals surface area contributed by atoms with Crippen LogP contribution in [0, 0.1) is 5.41 Å². The van der Waals surface area contributed by atoms with E-state index in [-0.39, 0.29) is 5.41 Å². The average molecular weight is 138 g/mol. The largest absolute Gasteiger partial charge is 0.299 e. The maximum absolute atomic E-state index is 11.0. The molecule has 0 aromatic rings. The van der Waals surface area contributed by atoms with Crippen molar-refractivity contribution in [3.63, 3.8) is 0 Å². The van der Waals surface area contributed by atoms with Crippen LogP contribution in [0.25, 0.3) is 0 Å². The predicted molar refractivity (Wildman–Crippen MR) is 41.8 cm³/mol. The fourth-order valence-corrected chi connectivity index (χ4v) is 1.25. The zero-order valence-electron chi connectivity index (χ0n) is 6.90. The molecule has 56 valence electrons. The smallest absolute Gasteiger partial charge is 0.137 e. The predicted octanol–water partition coefficient (Wildman–Crippen LogP) is 2.32. The van der Waals surface area contributed by atoms with Gasteiger partial charge in [-0.05, 0) is 12.3 Å². The molecule has 0 radical (unpaired) electrons. The first kappa shape index (κ1) is 7.52. The van der Waals surface area contributed by atoms with E-state index in [1.165, 1.54) is 5.57 Å². The molecule has 0 aromatic carbocycles. The Morgan fingerprint density at radius 1 is 1.50 bits per heavy atom. The van der Waals surface area contributed by atoms with Gasteiger partial charge in [0.1, 0.15) is 5.78 Å². The zero-order valence-corrected chi connectivity index (χ0v) is 6.90. The Morgan fingerprint density at radius 3 is 2.50 bits per heavy atom. The van der Waals surface area contributed by atoms with E-state index in [1.54, 1.807) is 0 Å². The first-order valence-electron chi connectivity index (χ1n) is 3.71. The number of hydrogen-bond donors (Lipinski definition) is 0. The van der Waals surface area contributed by atoms with Crippen molar-refractivity contribution in [2.45, 2.75) is 33.6 Å². The van der Waals surface area contributed by atoms with Gasteiger partial charge >= 0.3 is 0 Å². The van der Waals surface area contributed by atoms with Gasteiger partial charge in [-0.1, -0.05) is 25.5 Å². The van der Waals surface area contributed by atoms with Crippen LogP contribution in [0.3, 0.4) is 0 Å². The lowest BCUT2D eigenvalue weighted by molar-refractivity contribution is -0.120. The molecule has 0 heterocycles. The Balaban J connectivity index is 2.86. The van der Waals surface area contributed by atoms with Crippen LogP contribution in [0.15, 0.2) is 11.6 Å². The van der Waals surface area contributed by atoms with Gasteiger partial charge < -0.3 is 0 Å². The van der Waals surface area contributed by atoms with Crippen molar-refractivity contribution in [2.75, 3.05) is 0 Å². The van der Waals surface area contributed by atoms with Gasteiger partial charge in [0.15, 0.2) is 0 Å². The minimum atomic E-state index is 0.120. The van der Waals surface area contributed by atoms with E-state index in [0.717, 1.165) is 6.42 Å². The highest BCUT2D eigenvalue weighted by Crippen LogP contribution is 2.34. The molecule has 0 aliphatic heterocycles. The molecule has 10 heavy (non-hydrogen) atoms. The number of Topliss-reactive ketones (excluding diaryl/α,β-unsaturated/α-hetero) is 1. The second-order valence-electron chi connectivity index (χ2n) is 3.69. The minimum absolute atomic E-state index is 0.120. The minimum Gasteiger partial charge on any atom is -0.299 e.